The molecule has 1 amide bonds. The van der Waals surface area contributed by atoms with E-state index in [1.165, 1.54) is 0 Å². The molecule has 0 fully saturated rings. The highest BCUT2D eigenvalue weighted by molar-refractivity contribution is 14.1. The molecule has 0 aliphatic carbocycles. The molecule has 0 unspecified atom stereocenters. The molecule has 0 saturated carbocycles. The lowest BCUT2D eigenvalue weighted by Gasteiger charge is -2.10. The van der Waals surface area contributed by atoms with Crippen LogP contribution in [0.15, 0.2) is 24.3 Å². The first-order valence-corrected chi connectivity index (χ1v) is 6.42. The smallest absolute Gasteiger partial charge is 0.239 e. The van der Waals surface area contributed by atoms with Gasteiger partial charge in [0.15, 0.2) is 0 Å². The molecule has 0 saturated heterocycles. The summed E-state index contributed by atoms with van der Waals surface area (Å²) in [5.41, 5.74) is 1.00. The van der Waals surface area contributed by atoms with Gasteiger partial charge >= 0.3 is 0 Å². The minimum absolute atomic E-state index is 0.0355. The number of anilines is 1. The molecule has 1 aromatic rings. The van der Waals surface area contributed by atoms with Crippen LogP contribution in [0.3, 0.4) is 0 Å². The van der Waals surface area contributed by atoms with Crippen LogP contribution in [0.2, 0.25) is 0 Å². The Morgan fingerprint density at radius 2 is 2.06 bits per heavy atom. The number of carbonyl (C=O) groups excluding carboxylic acids is 1. The van der Waals surface area contributed by atoms with Crippen LogP contribution in [-0.2, 0) is 4.79 Å². The van der Waals surface area contributed by atoms with Crippen molar-refractivity contribution in [3.05, 3.63) is 27.8 Å². The number of rotatable bonds is 5. The topological polar surface area (TPSA) is 41.1 Å². The van der Waals surface area contributed by atoms with Crippen LogP contribution in [0.25, 0.3) is 0 Å². The Kier molecular flexibility index (Phi) is 5.59. The summed E-state index contributed by atoms with van der Waals surface area (Å²) in [4.78, 5) is 11.5. The Morgan fingerprint density at radius 1 is 1.38 bits per heavy atom. The predicted molar refractivity (Wildman–Crippen MR) is 75.5 cm³/mol. The Hall–Kier alpha value is -0.780. The third-order valence-electron chi connectivity index (χ3n) is 2.02. The lowest BCUT2D eigenvalue weighted by Crippen LogP contribution is -2.32. The SMILES string of the molecule is CC(C)CNC(=O)CNc1ccccc1I. The number of halogens is 1. The monoisotopic (exact) mass is 332 g/mol. The van der Waals surface area contributed by atoms with Crippen LogP contribution in [0.5, 0.6) is 0 Å². The van der Waals surface area contributed by atoms with Gasteiger partial charge in [0, 0.05) is 15.8 Å². The molecule has 4 heteroatoms. The molecule has 0 aromatic heterocycles. The molecule has 0 aliphatic heterocycles. The molecule has 88 valence electrons. The maximum absolute atomic E-state index is 11.5. The van der Waals surface area contributed by atoms with Gasteiger partial charge in [-0.25, -0.2) is 0 Å². The minimum Gasteiger partial charge on any atom is -0.375 e. The van der Waals surface area contributed by atoms with Crippen LogP contribution >= 0.6 is 22.6 Å². The van der Waals surface area contributed by atoms with Gasteiger partial charge in [-0.3, -0.25) is 4.79 Å². The van der Waals surface area contributed by atoms with E-state index in [0.29, 0.717) is 12.5 Å². The van der Waals surface area contributed by atoms with E-state index in [4.69, 9.17) is 0 Å². The fourth-order valence-corrected chi connectivity index (χ4v) is 1.74. The zero-order valence-electron chi connectivity index (χ0n) is 9.59. The van der Waals surface area contributed by atoms with Gasteiger partial charge in [-0.2, -0.15) is 0 Å². The van der Waals surface area contributed by atoms with Gasteiger partial charge in [-0.15, -0.1) is 0 Å². The molecule has 1 rings (SSSR count). The van der Waals surface area contributed by atoms with E-state index in [-0.39, 0.29) is 5.91 Å². The zero-order valence-corrected chi connectivity index (χ0v) is 11.7. The van der Waals surface area contributed by atoms with Gasteiger partial charge in [0.2, 0.25) is 5.91 Å². The number of nitrogens with one attached hydrogen (secondary N) is 2. The van der Waals surface area contributed by atoms with Crippen molar-refractivity contribution in [2.24, 2.45) is 5.92 Å². The number of para-hydroxylation sites is 1. The van der Waals surface area contributed by atoms with Gasteiger partial charge < -0.3 is 10.6 Å². The largest absolute Gasteiger partial charge is 0.375 e. The summed E-state index contributed by atoms with van der Waals surface area (Å²) in [6, 6.07) is 7.91. The lowest BCUT2D eigenvalue weighted by molar-refractivity contribution is -0.119. The number of hydrogen-bond donors (Lipinski definition) is 2. The first-order valence-electron chi connectivity index (χ1n) is 5.34. The molecule has 0 atom stereocenters. The van der Waals surface area contributed by atoms with Crippen molar-refractivity contribution in [2.75, 3.05) is 18.4 Å². The molecule has 16 heavy (non-hydrogen) atoms. The van der Waals surface area contributed by atoms with E-state index < -0.39 is 0 Å². The third kappa shape index (κ3) is 4.83. The number of benzene rings is 1. The van der Waals surface area contributed by atoms with Crippen molar-refractivity contribution in [1.82, 2.24) is 5.32 Å². The molecular formula is C12H17IN2O. The first-order chi connectivity index (χ1) is 7.59. The first kappa shape index (κ1) is 13.3. The summed E-state index contributed by atoms with van der Waals surface area (Å²) in [7, 11) is 0. The van der Waals surface area contributed by atoms with E-state index in [1.807, 2.05) is 24.3 Å². The number of hydrogen-bond acceptors (Lipinski definition) is 2. The quantitative estimate of drug-likeness (QED) is 0.814. The Morgan fingerprint density at radius 3 is 2.69 bits per heavy atom. The second kappa shape index (κ2) is 6.73. The van der Waals surface area contributed by atoms with Crippen molar-refractivity contribution in [2.45, 2.75) is 13.8 Å². The fourth-order valence-electron chi connectivity index (χ4n) is 1.16. The highest BCUT2D eigenvalue weighted by atomic mass is 127. The van der Waals surface area contributed by atoms with Crippen molar-refractivity contribution in [3.63, 3.8) is 0 Å². The molecule has 0 radical (unpaired) electrons. The molecule has 0 heterocycles. The Balaban J connectivity index is 2.35. The highest BCUT2D eigenvalue weighted by Crippen LogP contribution is 2.16. The van der Waals surface area contributed by atoms with E-state index in [9.17, 15) is 4.79 Å². The van der Waals surface area contributed by atoms with Crippen LogP contribution in [0, 0.1) is 9.49 Å². The fraction of sp³-hybridized carbons (Fsp3) is 0.417. The maximum atomic E-state index is 11.5. The molecule has 0 bridgehead atoms. The van der Waals surface area contributed by atoms with Gasteiger partial charge in [0.05, 0.1) is 6.54 Å². The molecule has 0 spiro atoms. The van der Waals surface area contributed by atoms with Crippen molar-refractivity contribution < 1.29 is 4.79 Å². The normalized spacial score (nSPS) is 10.2. The average Bonchev–Trinajstić information content (AvgIpc) is 2.25. The second-order valence-corrected chi connectivity index (χ2v) is 5.19. The summed E-state index contributed by atoms with van der Waals surface area (Å²) < 4.78 is 1.12. The second-order valence-electron chi connectivity index (χ2n) is 4.03. The molecule has 0 aliphatic rings. The standard InChI is InChI=1S/C12H17IN2O/c1-9(2)7-15-12(16)8-14-11-6-4-3-5-10(11)13/h3-6,9,14H,7-8H2,1-2H3,(H,15,16). The van der Waals surface area contributed by atoms with Crippen molar-refractivity contribution in [3.8, 4) is 0 Å². The maximum Gasteiger partial charge on any atom is 0.239 e. The minimum atomic E-state index is 0.0355. The summed E-state index contributed by atoms with van der Waals surface area (Å²) in [5, 5.41) is 5.98. The third-order valence-corrected chi connectivity index (χ3v) is 2.96. The van der Waals surface area contributed by atoms with Crippen LogP contribution in [0.4, 0.5) is 5.69 Å². The van der Waals surface area contributed by atoms with E-state index in [0.717, 1.165) is 15.8 Å². The number of carbonyl (C=O) groups is 1. The van der Waals surface area contributed by atoms with Crippen molar-refractivity contribution >= 4 is 34.2 Å². The highest BCUT2D eigenvalue weighted by Gasteiger charge is 2.03. The van der Waals surface area contributed by atoms with E-state index in [2.05, 4.69) is 47.1 Å². The van der Waals surface area contributed by atoms with Crippen molar-refractivity contribution in [1.29, 1.82) is 0 Å². The lowest BCUT2D eigenvalue weighted by atomic mass is 10.2. The summed E-state index contributed by atoms with van der Waals surface area (Å²) in [6.07, 6.45) is 0. The summed E-state index contributed by atoms with van der Waals surface area (Å²) in [6.45, 7) is 5.21. The summed E-state index contributed by atoms with van der Waals surface area (Å²) >= 11 is 2.24. The van der Waals surface area contributed by atoms with Gasteiger partial charge in [-0.05, 0) is 40.6 Å². The van der Waals surface area contributed by atoms with Gasteiger partial charge in [0.1, 0.15) is 0 Å². The Labute approximate surface area is 110 Å². The molecule has 3 nitrogen and oxygen atoms in total. The van der Waals surface area contributed by atoms with E-state index in [1.54, 1.807) is 0 Å². The average molecular weight is 332 g/mol. The van der Waals surface area contributed by atoms with Gasteiger partial charge in [0.25, 0.3) is 0 Å². The molecule has 1 aromatic carbocycles. The predicted octanol–water partition coefficient (Wildman–Crippen LogP) is 2.48. The zero-order chi connectivity index (χ0) is 12.0. The van der Waals surface area contributed by atoms with Gasteiger partial charge in [-0.1, -0.05) is 26.0 Å². The van der Waals surface area contributed by atoms with Crippen LogP contribution < -0.4 is 10.6 Å². The van der Waals surface area contributed by atoms with E-state index >= 15 is 0 Å². The van der Waals surface area contributed by atoms with Crippen LogP contribution in [-0.4, -0.2) is 19.0 Å². The molecular weight excluding hydrogens is 315 g/mol. The molecule has 2 N–H and O–H groups in total. The summed E-state index contributed by atoms with van der Waals surface area (Å²) in [5.74, 6) is 0.522. The Bertz CT molecular complexity index is 353. The number of amides is 1. The van der Waals surface area contributed by atoms with Crippen LogP contribution in [0.1, 0.15) is 13.8 Å².